The van der Waals surface area contributed by atoms with E-state index in [9.17, 15) is 8.42 Å². The molecule has 7 heteroatoms. The quantitative estimate of drug-likeness (QED) is 0.920. The van der Waals surface area contributed by atoms with Gasteiger partial charge in [-0.2, -0.15) is 0 Å². The molecule has 0 amide bonds. The van der Waals surface area contributed by atoms with Crippen molar-refractivity contribution >= 4 is 27.0 Å². The van der Waals surface area contributed by atoms with Gasteiger partial charge in [-0.05, 0) is 31.2 Å². The number of rotatable bonds is 5. The lowest BCUT2D eigenvalue weighted by Crippen LogP contribution is -2.22. The van der Waals surface area contributed by atoms with Crippen LogP contribution in [-0.4, -0.2) is 31.8 Å². The molecule has 0 atom stereocenters. The summed E-state index contributed by atoms with van der Waals surface area (Å²) < 4.78 is 25.1. The second kappa shape index (κ2) is 5.90. The van der Waals surface area contributed by atoms with E-state index in [-0.39, 0.29) is 0 Å². The Bertz CT molecular complexity index is 676. The summed E-state index contributed by atoms with van der Waals surface area (Å²) in [6, 6.07) is 6.76. The molecule has 0 radical (unpaired) electrons. The number of thiazole rings is 1. The molecule has 108 valence electrons. The van der Waals surface area contributed by atoms with Crippen molar-refractivity contribution in [3.05, 3.63) is 40.3 Å². The van der Waals surface area contributed by atoms with E-state index in [1.54, 1.807) is 35.6 Å². The Labute approximate surface area is 123 Å². The first-order valence-corrected chi connectivity index (χ1v) is 8.38. The highest BCUT2D eigenvalue weighted by Crippen LogP contribution is 2.18. The van der Waals surface area contributed by atoms with Crippen molar-refractivity contribution in [3.8, 4) is 0 Å². The minimum atomic E-state index is -3.36. The molecule has 1 aromatic carbocycles. The van der Waals surface area contributed by atoms with E-state index in [0.29, 0.717) is 11.4 Å². The molecule has 20 heavy (non-hydrogen) atoms. The van der Waals surface area contributed by atoms with Crippen molar-refractivity contribution in [2.75, 3.05) is 19.4 Å². The highest BCUT2D eigenvalue weighted by Gasteiger charge is 2.16. The second-order valence-electron chi connectivity index (χ2n) is 4.53. The smallest absolute Gasteiger partial charge is 0.242 e. The number of anilines is 1. The van der Waals surface area contributed by atoms with Gasteiger partial charge in [-0.1, -0.05) is 0 Å². The number of nitrogens with zero attached hydrogens (tertiary/aromatic N) is 2. The Hall–Kier alpha value is -1.44. The van der Waals surface area contributed by atoms with Crippen LogP contribution in [0.25, 0.3) is 0 Å². The SMILES string of the molecule is Cc1ncsc1CNc1ccc(S(=O)(=O)N(C)C)cc1. The van der Waals surface area contributed by atoms with Gasteiger partial charge in [-0.15, -0.1) is 11.3 Å². The van der Waals surface area contributed by atoms with Gasteiger partial charge in [0.05, 0.1) is 22.6 Å². The Morgan fingerprint density at radius 3 is 2.40 bits per heavy atom. The fourth-order valence-electron chi connectivity index (χ4n) is 1.63. The maximum absolute atomic E-state index is 11.9. The summed E-state index contributed by atoms with van der Waals surface area (Å²) in [5.41, 5.74) is 3.73. The van der Waals surface area contributed by atoms with E-state index in [2.05, 4.69) is 10.3 Å². The minimum absolute atomic E-state index is 0.294. The molecule has 0 aliphatic carbocycles. The van der Waals surface area contributed by atoms with Crippen molar-refractivity contribution in [2.45, 2.75) is 18.4 Å². The fraction of sp³-hybridized carbons (Fsp3) is 0.308. The Balaban J connectivity index is 2.08. The average Bonchev–Trinajstić information content (AvgIpc) is 2.82. The lowest BCUT2D eigenvalue weighted by Gasteiger charge is -2.12. The van der Waals surface area contributed by atoms with Crippen LogP contribution in [0.5, 0.6) is 0 Å². The predicted molar refractivity (Wildman–Crippen MR) is 81.5 cm³/mol. The number of hydrogen-bond donors (Lipinski definition) is 1. The van der Waals surface area contributed by atoms with E-state index >= 15 is 0 Å². The molecule has 0 saturated carbocycles. The molecule has 0 bridgehead atoms. The lowest BCUT2D eigenvalue weighted by molar-refractivity contribution is 0.521. The summed E-state index contributed by atoms with van der Waals surface area (Å²) >= 11 is 1.60. The zero-order valence-corrected chi connectivity index (χ0v) is 13.3. The zero-order chi connectivity index (χ0) is 14.8. The monoisotopic (exact) mass is 311 g/mol. The third kappa shape index (κ3) is 3.17. The average molecular weight is 311 g/mol. The number of benzene rings is 1. The fourth-order valence-corrected chi connectivity index (χ4v) is 3.25. The van der Waals surface area contributed by atoms with Gasteiger partial charge in [0.15, 0.2) is 0 Å². The standard InChI is InChI=1S/C13H17N3O2S2/c1-10-13(19-9-15-10)8-14-11-4-6-12(7-5-11)20(17,18)16(2)3/h4-7,9,14H,8H2,1-3H3. The molecule has 0 aliphatic rings. The number of sulfonamides is 1. The summed E-state index contributed by atoms with van der Waals surface area (Å²) in [5, 5.41) is 3.26. The molecule has 2 rings (SSSR count). The van der Waals surface area contributed by atoms with Gasteiger partial charge in [-0.3, -0.25) is 0 Å². The van der Waals surface area contributed by atoms with Crippen LogP contribution in [0.4, 0.5) is 5.69 Å². The van der Waals surface area contributed by atoms with Crippen molar-refractivity contribution in [1.82, 2.24) is 9.29 Å². The largest absolute Gasteiger partial charge is 0.380 e. The first-order valence-electron chi connectivity index (χ1n) is 6.06. The van der Waals surface area contributed by atoms with Crippen LogP contribution >= 0.6 is 11.3 Å². The molecule has 2 aromatic rings. The molecule has 5 nitrogen and oxygen atoms in total. The highest BCUT2D eigenvalue weighted by molar-refractivity contribution is 7.89. The Kier molecular flexibility index (Phi) is 4.42. The molecular formula is C13H17N3O2S2. The van der Waals surface area contributed by atoms with Gasteiger partial charge >= 0.3 is 0 Å². The highest BCUT2D eigenvalue weighted by atomic mass is 32.2. The molecular weight excluding hydrogens is 294 g/mol. The lowest BCUT2D eigenvalue weighted by atomic mass is 10.3. The third-order valence-electron chi connectivity index (χ3n) is 2.93. The predicted octanol–water partition coefficient (Wildman–Crippen LogP) is 2.31. The van der Waals surface area contributed by atoms with Crippen LogP contribution in [0.15, 0.2) is 34.7 Å². The molecule has 0 fully saturated rings. The Morgan fingerprint density at radius 1 is 1.25 bits per heavy atom. The number of nitrogens with one attached hydrogen (secondary N) is 1. The first-order chi connectivity index (χ1) is 9.41. The second-order valence-corrected chi connectivity index (χ2v) is 7.62. The minimum Gasteiger partial charge on any atom is -0.380 e. The van der Waals surface area contributed by atoms with Crippen molar-refractivity contribution < 1.29 is 8.42 Å². The van der Waals surface area contributed by atoms with Crippen LogP contribution in [0.2, 0.25) is 0 Å². The van der Waals surface area contributed by atoms with Gasteiger partial charge < -0.3 is 5.32 Å². The van der Waals surface area contributed by atoms with Crippen LogP contribution in [0, 0.1) is 6.92 Å². The molecule has 0 spiro atoms. The van der Waals surface area contributed by atoms with Crippen molar-refractivity contribution in [1.29, 1.82) is 0 Å². The maximum atomic E-state index is 11.9. The normalized spacial score (nSPS) is 11.8. The van der Waals surface area contributed by atoms with Gasteiger partial charge in [0.2, 0.25) is 10.0 Å². The molecule has 1 N–H and O–H groups in total. The van der Waals surface area contributed by atoms with Crippen LogP contribution in [-0.2, 0) is 16.6 Å². The van der Waals surface area contributed by atoms with Gasteiger partial charge in [-0.25, -0.2) is 17.7 Å². The third-order valence-corrected chi connectivity index (χ3v) is 5.70. The van der Waals surface area contributed by atoms with Crippen molar-refractivity contribution in [3.63, 3.8) is 0 Å². The van der Waals surface area contributed by atoms with E-state index in [4.69, 9.17) is 0 Å². The van der Waals surface area contributed by atoms with Gasteiger partial charge in [0.25, 0.3) is 0 Å². The first kappa shape index (κ1) is 15.0. The summed E-state index contributed by atoms with van der Waals surface area (Å²) in [6.45, 7) is 2.66. The zero-order valence-electron chi connectivity index (χ0n) is 11.6. The molecule has 1 aromatic heterocycles. The summed E-state index contributed by atoms with van der Waals surface area (Å²) in [5.74, 6) is 0. The van der Waals surface area contributed by atoms with Crippen molar-refractivity contribution in [2.24, 2.45) is 0 Å². The van der Waals surface area contributed by atoms with Crippen LogP contribution < -0.4 is 5.32 Å². The summed E-state index contributed by atoms with van der Waals surface area (Å²) in [6.07, 6.45) is 0. The van der Waals surface area contributed by atoms with E-state index in [1.807, 2.05) is 12.4 Å². The van der Waals surface area contributed by atoms with E-state index in [1.165, 1.54) is 23.3 Å². The molecule has 1 heterocycles. The summed E-state index contributed by atoms with van der Waals surface area (Å²) in [4.78, 5) is 5.66. The molecule has 0 saturated heterocycles. The Morgan fingerprint density at radius 2 is 1.90 bits per heavy atom. The number of aromatic nitrogens is 1. The maximum Gasteiger partial charge on any atom is 0.242 e. The van der Waals surface area contributed by atoms with Crippen LogP contribution in [0.1, 0.15) is 10.6 Å². The van der Waals surface area contributed by atoms with Gasteiger partial charge in [0.1, 0.15) is 0 Å². The van der Waals surface area contributed by atoms with Crippen LogP contribution in [0.3, 0.4) is 0 Å². The van der Waals surface area contributed by atoms with Gasteiger partial charge in [0, 0.05) is 24.7 Å². The molecule has 0 unspecified atom stereocenters. The van der Waals surface area contributed by atoms with E-state index in [0.717, 1.165) is 11.4 Å². The number of hydrogen-bond acceptors (Lipinski definition) is 5. The topological polar surface area (TPSA) is 62.3 Å². The molecule has 0 aliphatic heterocycles. The van der Waals surface area contributed by atoms with E-state index < -0.39 is 10.0 Å². The number of aryl methyl sites for hydroxylation is 1. The summed E-state index contributed by atoms with van der Waals surface area (Å²) in [7, 11) is -0.317.